The Kier molecular flexibility index (Phi) is 3.69. The van der Waals surface area contributed by atoms with E-state index in [0.29, 0.717) is 24.4 Å². The Hall–Kier alpha value is -0.830. The molecular weight excluding hydrogens is 224 g/mol. The predicted molar refractivity (Wildman–Crippen MR) is 72.3 cm³/mol. The number of allylic oxidation sites excluding steroid dienone is 1. The van der Waals surface area contributed by atoms with Crippen LogP contribution in [0.3, 0.4) is 0 Å². The Morgan fingerprint density at radius 1 is 1.28 bits per heavy atom. The number of hydrogen-bond donors (Lipinski definition) is 1. The van der Waals surface area contributed by atoms with Crippen molar-refractivity contribution in [1.29, 1.82) is 0 Å². The Bertz CT molecular complexity index is 336. The van der Waals surface area contributed by atoms with Crippen LogP contribution in [-0.4, -0.2) is 36.0 Å². The zero-order chi connectivity index (χ0) is 12.4. The number of nitrogens with one attached hydrogen (secondary N) is 1. The molecule has 18 heavy (non-hydrogen) atoms. The van der Waals surface area contributed by atoms with Gasteiger partial charge in [0.15, 0.2) is 0 Å². The van der Waals surface area contributed by atoms with Crippen LogP contribution in [0, 0.1) is 0 Å². The van der Waals surface area contributed by atoms with Crippen LogP contribution in [0.1, 0.15) is 51.4 Å². The van der Waals surface area contributed by atoms with Gasteiger partial charge in [-0.1, -0.05) is 11.6 Å². The maximum Gasteiger partial charge on any atom is 0.227 e. The molecule has 0 aromatic heterocycles. The van der Waals surface area contributed by atoms with Crippen molar-refractivity contribution in [2.45, 2.75) is 63.5 Å². The summed E-state index contributed by atoms with van der Waals surface area (Å²) >= 11 is 0. The summed E-state index contributed by atoms with van der Waals surface area (Å²) in [5.41, 5.74) is 1.39. The van der Waals surface area contributed by atoms with Crippen LogP contribution in [0.25, 0.3) is 0 Å². The molecule has 1 amide bonds. The second-order valence-corrected chi connectivity index (χ2v) is 5.96. The van der Waals surface area contributed by atoms with Crippen molar-refractivity contribution in [3.05, 3.63) is 11.6 Å². The number of rotatable bonds is 2. The van der Waals surface area contributed by atoms with Gasteiger partial charge in [-0.05, 0) is 51.5 Å². The summed E-state index contributed by atoms with van der Waals surface area (Å²) in [7, 11) is 0. The number of carbonyl (C=O) groups excluding carboxylic acids is 1. The SMILES string of the molecule is O=C(CC1=CCCCC1)N1[C@@H]2CCNC[C@H]1CC2. The van der Waals surface area contributed by atoms with E-state index in [1.54, 1.807) is 0 Å². The minimum absolute atomic E-state index is 0.388. The third kappa shape index (κ3) is 2.46. The summed E-state index contributed by atoms with van der Waals surface area (Å²) in [6.07, 6.45) is 11.4. The highest BCUT2D eigenvalue weighted by atomic mass is 16.2. The van der Waals surface area contributed by atoms with Crippen LogP contribution < -0.4 is 5.32 Å². The standard InChI is InChI=1S/C15H24N2O/c18-15(10-12-4-2-1-3-5-12)17-13-6-7-14(17)11-16-9-8-13/h4,13-14,16H,1-3,5-11H2/t13-,14+/m0/s1. The minimum Gasteiger partial charge on any atom is -0.335 e. The van der Waals surface area contributed by atoms with Crippen molar-refractivity contribution in [3.63, 3.8) is 0 Å². The molecule has 3 aliphatic rings. The summed E-state index contributed by atoms with van der Waals surface area (Å²) in [5.74, 6) is 0.388. The molecule has 1 N–H and O–H groups in total. The van der Waals surface area contributed by atoms with Crippen LogP contribution >= 0.6 is 0 Å². The molecule has 100 valence electrons. The lowest BCUT2D eigenvalue weighted by molar-refractivity contribution is -0.133. The van der Waals surface area contributed by atoms with Crippen molar-refractivity contribution >= 4 is 5.91 Å². The van der Waals surface area contributed by atoms with Crippen molar-refractivity contribution < 1.29 is 4.79 Å². The van der Waals surface area contributed by atoms with Crippen molar-refractivity contribution in [3.8, 4) is 0 Å². The Labute approximate surface area is 110 Å². The van der Waals surface area contributed by atoms with Gasteiger partial charge in [-0.15, -0.1) is 0 Å². The summed E-state index contributed by atoms with van der Waals surface area (Å²) in [5, 5.41) is 3.46. The van der Waals surface area contributed by atoms with Crippen LogP contribution in [0.5, 0.6) is 0 Å². The number of hydrogen-bond acceptors (Lipinski definition) is 2. The number of amides is 1. The van der Waals surface area contributed by atoms with Crippen LogP contribution in [0.4, 0.5) is 0 Å². The molecule has 0 saturated carbocycles. The molecule has 2 atom stereocenters. The van der Waals surface area contributed by atoms with E-state index in [9.17, 15) is 4.79 Å². The van der Waals surface area contributed by atoms with E-state index in [-0.39, 0.29) is 0 Å². The molecule has 3 nitrogen and oxygen atoms in total. The van der Waals surface area contributed by atoms with Gasteiger partial charge in [-0.25, -0.2) is 0 Å². The molecule has 0 aromatic rings. The third-order valence-electron chi connectivity index (χ3n) is 4.71. The lowest BCUT2D eigenvalue weighted by Gasteiger charge is -2.28. The molecule has 2 aliphatic heterocycles. The topological polar surface area (TPSA) is 32.3 Å². The van der Waals surface area contributed by atoms with E-state index in [4.69, 9.17) is 0 Å². The van der Waals surface area contributed by atoms with Gasteiger partial charge in [0.2, 0.25) is 5.91 Å². The van der Waals surface area contributed by atoms with Gasteiger partial charge < -0.3 is 10.2 Å². The largest absolute Gasteiger partial charge is 0.335 e. The second-order valence-electron chi connectivity index (χ2n) is 5.96. The van der Waals surface area contributed by atoms with E-state index in [1.807, 2.05) is 0 Å². The molecule has 2 heterocycles. The average Bonchev–Trinajstić information content (AvgIpc) is 2.64. The fourth-order valence-electron chi connectivity index (χ4n) is 3.74. The predicted octanol–water partition coefficient (Wildman–Crippen LogP) is 2.23. The van der Waals surface area contributed by atoms with Crippen molar-refractivity contribution in [2.75, 3.05) is 13.1 Å². The van der Waals surface area contributed by atoms with E-state index in [1.165, 1.54) is 37.7 Å². The Morgan fingerprint density at radius 2 is 2.17 bits per heavy atom. The van der Waals surface area contributed by atoms with E-state index >= 15 is 0 Å². The molecule has 3 heteroatoms. The van der Waals surface area contributed by atoms with Gasteiger partial charge in [0.25, 0.3) is 0 Å². The Morgan fingerprint density at radius 3 is 3.00 bits per heavy atom. The van der Waals surface area contributed by atoms with Gasteiger partial charge in [0, 0.05) is 25.0 Å². The highest BCUT2D eigenvalue weighted by Gasteiger charge is 2.37. The van der Waals surface area contributed by atoms with E-state index < -0.39 is 0 Å². The monoisotopic (exact) mass is 248 g/mol. The van der Waals surface area contributed by atoms with Crippen LogP contribution in [-0.2, 0) is 4.79 Å². The lowest BCUT2D eigenvalue weighted by atomic mass is 9.96. The molecule has 1 aliphatic carbocycles. The molecular formula is C15H24N2O. The first kappa shape index (κ1) is 12.2. The van der Waals surface area contributed by atoms with Gasteiger partial charge in [-0.2, -0.15) is 0 Å². The zero-order valence-corrected chi connectivity index (χ0v) is 11.2. The normalized spacial score (nSPS) is 32.0. The fourth-order valence-corrected chi connectivity index (χ4v) is 3.74. The number of fused-ring (bicyclic) bond motifs is 2. The molecule has 0 unspecified atom stereocenters. The van der Waals surface area contributed by atoms with Gasteiger partial charge in [0.05, 0.1) is 0 Å². The second kappa shape index (κ2) is 5.43. The molecule has 2 saturated heterocycles. The quantitative estimate of drug-likeness (QED) is 0.760. The van der Waals surface area contributed by atoms with E-state index in [2.05, 4.69) is 16.3 Å². The zero-order valence-electron chi connectivity index (χ0n) is 11.2. The van der Waals surface area contributed by atoms with Crippen molar-refractivity contribution in [2.24, 2.45) is 0 Å². The molecule has 0 aromatic carbocycles. The third-order valence-corrected chi connectivity index (χ3v) is 4.71. The van der Waals surface area contributed by atoms with Crippen molar-refractivity contribution in [1.82, 2.24) is 10.2 Å². The molecule has 0 radical (unpaired) electrons. The Balaban J connectivity index is 1.66. The summed E-state index contributed by atoms with van der Waals surface area (Å²) in [4.78, 5) is 14.8. The molecule has 0 spiro atoms. The van der Waals surface area contributed by atoms with Crippen LogP contribution in [0.2, 0.25) is 0 Å². The minimum atomic E-state index is 0.388. The maximum absolute atomic E-state index is 12.5. The maximum atomic E-state index is 12.5. The number of carbonyl (C=O) groups is 1. The van der Waals surface area contributed by atoms with E-state index in [0.717, 1.165) is 25.9 Å². The fraction of sp³-hybridized carbons (Fsp3) is 0.800. The molecule has 2 bridgehead atoms. The summed E-state index contributed by atoms with van der Waals surface area (Å²) in [6.45, 7) is 2.08. The number of nitrogens with zero attached hydrogens (tertiary/aromatic N) is 1. The first-order valence-corrected chi connectivity index (χ1v) is 7.54. The summed E-state index contributed by atoms with van der Waals surface area (Å²) < 4.78 is 0. The smallest absolute Gasteiger partial charge is 0.227 e. The first-order chi connectivity index (χ1) is 8.84. The van der Waals surface area contributed by atoms with Crippen LogP contribution in [0.15, 0.2) is 11.6 Å². The average molecular weight is 248 g/mol. The molecule has 2 fully saturated rings. The summed E-state index contributed by atoms with van der Waals surface area (Å²) in [6, 6.07) is 0.982. The van der Waals surface area contributed by atoms with Gasteiger partial charge in [-0.3, -0.25) is 4.79 Å². The molecule has 3 rings (SSSR count). The first-order valence-electron chi connectivity index (χ1n) is 7.54. The highest BCUT2D eigenvalue weighted by molar-refractivity contribution is 5.79. The lowest BCUT2D eigenvalue weighted by Crippen LogP contribution is -2.42. The van der Waals surface area contributed by atoms with Gasteiger partial charge in [0.1, 0.15) is 0 Å². The highest BCUT2D eigenvalue weighted by Crippen LogP contribution is 2.30. The van der Waals surface area contributed by atoms with Gasteiger partial charge >= 0.3 is 0 Å².